The van der Waals surface area contributed by atoms with E-state index in [1.807, 2.05) is 45.0 Å². The number of anilines is 2. The van der Waals surface area contributed by atoms with Crippen LogP contribution in [0.3, 0.4) is 0 Å². The van der Waals surface area contributed by atoms with Gasteiger partial charge in [0, 0.05) is 27.8 Å². The third-order valence-corrected chi connectivity index (χ3v) is 5.43. The van der Waals surface area contributed by atoms with E-state index in [9.17, 15) is 9.59 Å². The highest BCUT2D eigenvalue weighted by Crippen LogP contribution is 2.19. The van der Waals surface area contributed by atoms with Gasteiger partial charge < -0.3 is 15.5 Å². The summed E-state index contributed by atoms with van der Waals surface area (Å²) in [6.07, 6.45) is 0. The maximum Gasteiger partial charge on any atom is 0.322 e. The molecule has 0 bridgehead atoms. The maximum atomic E-state index is 12.7. The summed E-state index contributed by atoms with van der Waals surface area (Å²) in [5.41, 5.74) is 2.78. The van der Waals surface area contributed by atoms with Crippen molar-refractivity contribution < 1.29 is 9.59 Å². The third-order valence-electron chi connectivity index (χ3n) is 4.36. The van der Waals surface area contributed by atoms with Gasteiger partial charge in [-0.05, 0) is 51.1 Å². The number of rotatable bonds is 6. The number of nitrogens with one attached hydrogen (secondary N) is 2. The lowest BCUT2D eigenvalue weighted by molar-refractivity contribution is 0.102. The van der Waals surface area contributed by atoms with Gasteiger partial charge in [-0.2, -0.15) is 0 Å². The molecule has 1 aromatic heterocycles. The molecule has 1 heterocycles. The highest BCUT2D eigenvalue weighted by atomic mass is 35.5. The second kappa shape index (κ2) is 9.73. The number of aryl methyl sites for hydroxylation is 1. The van der Waals surface area contributed by atoms with Crippen molar-refractivity contribution in [3.63, 3.8) is 0 Å². The van der Waals surface area contributed by atoms with Gasteiger partial charge in [0.25, 0.3) is 5.91 Å². The molecule has 0 saturated heterocycles. The fourth-order valence-electron chi connectivity index (χ4n) is 2.72. The zero-order chi connectivity index (χ0) is 21.7. The zero-order valence-corrected chi connectivity index (χ0v) is 18.6. The Hall–Kier alpha value is -2.90. The van der Waals surface area contributed by atoms with E-state index in [0.717, 1.165) is 5.56 Å². The summed E-state index contributed by atoms with van der Waals surface area (Å²) >= 11 is 7.34. The largest absolute Gasteiger partial charge is 0.322 e. The number of amides is 3. The van der Waals surface area contributed by atoms with Gasteiger partial charge >= 0.3 is 6.03 Å². The van der Waals surface area contributed by atoms with Crippen LogP contribution in [0.25, 0.3) is 0 Å². The molecule has 2 N–H and O–H groups in total. The fourth-order valence-corrected chi connectivity index (χ4v) is 3.68. The molecule has 3 amide bonds. The van der Waals surface area contributed by atoms with Crippen molar-refractivity contribution >= 4 is 46.3 Å². The number of carbonyl (C=O) groups excluding carboxylic acids is 2. The summed E-state index contributed by atoms with van der Waals surface area (Å²) < 4.78 is 0. The number of urea groups is 1. The number of benzene rings is 2. The minimum Gasteiger partial charge on any atom is -0.321 e. The molecule has 6 nitrogen and oxygen atoms in total. The summed E-state index contributed by atoms with van der Waals surface area (Å²) in [5.74, 6) is -0.277. The molecule has 0 atom stereocenters. The van der Waals surface area contributed by atoms with E-state index in [4.69, 9.17) is 11.6 Å². The minimum atomic E-state index is -0.277. The van der Waals surface area contributed by atoms with Crippen LogP contribution in [0, 0.1) is 6.92 Å². The molecule has 3 aromatic rings. The van der Waals surface area contributed by atoms with Crippen LogP contribution in [0.5, 0.6) is 0 Å². The average Bonchev–Trinajstić information content (AvgIpc) is 3.16. The van der Waals surface area contributed by atoms with Crippen molar-refractivity contribution in [3.8, 4) is 0 Å². The summed E-state index contributed by atoms with van der Waals surface area (Å²) in [7, 11) is 0. The Labute approximate surface area is 184 Å². The van der Waals surface area contributed by atoms with E-state index in [2.05, 4.69) is 15.6 Å². The molecule has 0 radical (unpaired) electrons. The van der Waals surface area contributed by atoms with Gasteiger partial charge in [-0.25, -0.2) is 9.78 Å². The summed E-state index contributed by atoms with van der Waals surface area (Å²) in [4.78, 5) is 31.3. The fraction of sp³-hybridized carbons (Fsp3) is 0.227. The summed E-state index contributed by atoms with van der Waals surface area (Å²) in [6.45, 7) is 6.14. The number of hydrogen-bond acceptors (Lipinski definition) is 4. The quantitative estimate of drug-likeness (QED) is 0.506. The SMILES string of the molecule is Cc1ccc(NC(=O)c2csc(CN(C(=O)Nc3cccc(Cl)c3)C(C)C)n2)cc1. The van der Waals surface area contributed by atoms with Crippen molar-refractivity contribution in [3.05, 3.63) is 75.2 Å². The number of halogens is 1. The molecule has 2 aromatic carbocycles. The Bertz CT molecular complexity index is 1030. The van der Waals surface area contributed by atoms with E-state index < -0.39 is 0 Å². The first-order valence-corrected chi connectivity index (χ1v) is 10.7. The van der Waals surface area contributed by atoms with Gasteiger partial charge in [-0.15, -0.1) is 11.3 Å². The molecule has 0 unspecified atom stereocenters. The topological polar surface area (TPSA) is 74.3 Å². The zero-order valence-electron chi connectivity index (χ0n) is 17.0. The second-order valence-corrected chi connectivity index (χ2v) is 8.49. The van der Waals surface area contributed by atoms with Crippen molar-refractivity contribution in [2.24, 2.45) is 0 Å². The van der Waals surface area contributed by atoms with Gasteiger partial charge in [0.15, 0.2) is 0 Å². The Balaban J connectivity index is 1.66. The summed E-state index contributed by atoms with van der Waals surface area (Å²) in [6, 6.07) is 14.2. The van der Waals surface area contributed by atoms with E-state index in [-0.39, 0.29) is 18.0 Å². The second-order valence-electron chi connectivity index (χ2n) is 7.11. The van der Waals surface area contributed by atoms with E-state index in [1.54, 1.807) is 34.5 Å². The first kappa shape index (κ1) is 21.8. The average molecular weight is 443 g/mol. The van der Waals surface area contributed by atoms with Crippen LogP contribution in [0.1, 0.15) is 34.9 Å². The molecule has 3 rings (SSSR count). The van der Waals surface area contributed by atoms with E-state index in [1.165, 1.54) is 11.3 Å². The molecule has 0 aliphatic heterocycles. The molecule has 8 heteroatoms. The highest BCUT2D eigenvalue weighted by Gasteiger charge is 2.20. The maximum absolute atomic E-state index is 12.7. The first-order chi connectivity index (χ1) is 14.3. The van der Waals surface area contributed by atoms with Gasteiger partial charge in [0.2, 0.25) is 0 Å². The monoisotopic (exact) mass is 442 g/mol. The lowest BCUT2D eigenvalue weighted by Crippen LogP contribution is -2.39. The molecule has 0 spiro atoms. The Morgan fingerprint density at radius 3 is 2.50 bits per heavy atom. The smallest absolute Gasteiger partial charge is 0.321 e. The van der Waals surface area contributed by atoms with Crippen LogP contribution >= 0.6 is 22.9 Å². The molecular formula is C22H23ClN4O2S. The molecule has 0 aliphatic rings. The Morgan fingerprint density at radius 2 is 1.83 bits per heavy atom. The molecular weight excluding hydrogens is 420 g/mol. The highest BCUT2D eigenvalue weighted by molar-refractivity contribution is 7.09. The van der Waals surface area contributed by atoms with Crippen molar-refractivity contribution in [1.82, 2.24) is 9.88 Å². The predicted molar refractivity (Wildman–Crippen MR) is 122 cm³/mol. The Kier molecular flexibility index (Phi) is 7.07. The van der Waals surface area contributed by atoms with Crippen molar-refractivity contribution in [2.75, 3.05) is 10.6 Å². The third kappa shape index (κ3) is 5.81. The molecule has 156 valence electrons. The number of nitrogens with zero attached hydrogens (tertiary/aromatic N) is 2. The minimum absolute atomic E-state index is 0.0575. The van der Waals surface area contributed by atoms with Gasteiger partial charge in [-0.1, -0.05) is 35.4 Å². The van der Waals surface area contributed by atoms with E-state index >= 15 is 0 Å². The van der Waals surface area contributed by atoms with Crippen LogP contribution in [-0.2, 0) is 6.54 Å². The number of aromatic nitrogens is 1. The predicted octanol–water partition coefficient (Wildman–Crippen LogP) is 5.80. The first-order valence-electron chi connectivity index (χ1n) is 9.47. The lowest BCUT2D eigenvalue weighted by atomic mass is 10.2. The molecule has 0 aliphatic carbocycles. The van der Waals surface area contributed by atoms with Crippen molar-refractivity contribution in [1.29, 1.82) is 0 Å². The lowest BCUT2D eigenvalue weighted by Gasteiger charge is -2.26. The Morgan fingerprint density at radius 1 is 1.10 bits per heavy atom. The number of carbonyl (C=O) groups is 2. The normalized spacial score (nSPS) is 10.7. The van der Waals surface area contributed by atoms with Crippen LogP contribution in [-0.4, -0.2) is 27.9 Å². The number of hydrogen-bond donors (Lipinski definition) is 2. The van der Waals surface area contributed by atoms with Gasteiger partial charge in [-0.3, -0.25) is 4.79 Å². The van der Waals surface area contributed by atoms with E-state index in [0.29, 0.717) is 33.6 Å². The summed E-state index contributed by atoms with van der Waals surface area (Å²) in [5, 5.41) is 8.62. The van der Waals surface area contributed by atoms with Crippen LogP contribution in [0.2, 0.25) is 5.02 Å². The van der Waals surface area contributed by atoms with Crippen molar-refractivity contribution in [2.45, 2.75) is 33.4 Å². The number of thiazole rings is 1. The van der Waals surface area contributed by atoms with Crippen LogP contribution in [0.4, 0.5) is 16.2 Å². The molecule has 0 saturated carbocycles. The molecule has 0 fully saturated rings. The van der Waals surface area contributed by atoms with Crippen LogP contribution < -0.4 is 10.6 Å². The van der Waals surface area contributed by atoms with Gasteiger partial charge in [0.05, 0.1) is 6.54 Å². The molecule has 30 heavy (non-hydrogen) atoms. The van der Waals surface area contributed by atoms with Crippen LogP contribution in [0.15, 0.2) is 53.9 Å². The standard InChI is InChI=1S/C22H23ClN4O2S/c1-14(2)27(22(29)25-18-6-4-5-16(23)11-18)12-20-26-19(13-30-20)21(28)24-17-9-7-15(3)8-10-17/h4-11,13-14H,12H2,1-3H3,(H,24,28)(H,25,29). The van der Waals surface area contributed by atoms with Gasteiger partial charge in [0.1, 0.15) is 10.7 Å².